The molecule has 0 N–H and O–H groups in total. The number of nitriles is 1. The third-order valence-electron chi connectivity index (χ3n) is 4.72. The minimum atomic E-state index is -0.0251. The summed E-state index contributed by atoms with van der Waals surface area (Å²) in [4.78, 5) is 11.8. The van der Waals surface area contributed by atoms with Gasteiger partial charge in [-0.2, -0.15) is 5.26 Å². The van der Waals surface area contributed by atoms with E-state index in [0.29, 0.717) is 17.9 Å². The molecule has 0 saturated heterocycles. The van der Waals surface area contributed by atoms with E-state index in [0.717, 1.165) is 38.5 Å². The third-order valence-corrected chi connectivity index (χ3v) is 4.72. The predicted octanol–water partition coefficient (Wildman–Crippen LogP) is 5.10. The van der Waals surface area contributed by atoms with E-state index in [2.05, 4.69) is 25.1 Å². The molecule has 0 aromatic heterocycles. The van der Waals surface area contributed by atoms with Gasteiger partial charge in [-0.05, 0) is 55.7 Å². The summed E-state index contributed by atoms with van der Waals surface area (Å²) < 4.78 is 5.61. The van der Waals surface area contributed by atoms with Crippen molar-refractivity contribution in [3.05, 3.63) is 35.4 Å². The highest BCUT2D eigenvalue weighted by Crippen LogP contribution is 2.34. The molecule has 0 amide bonds. The number of ether oxygens (including phenoxy) is 1. The molecule has 1 fully saturated rings. The van der Waals surface area contributed by atoms with Crippen LogP contribution in [-0.4, -0.2) is 12.1 Å². The van der Waals surface area contributed by atoms with Gasteiger partial charge in [-0.25, -0.2) is 0 Å². The SMILES string of the molecule is CCCCCCC(=O)OC1CCC(c2ccc(C#N)cc2)CC1. The number of hydrogen-bond acceptors (Lipinski definition) is 3. The highest BCUT2D eigenvalue weighted by atomic mass is 16.5. The average molecular weight is 313 g/mol. The Kier molecular flexibility index (Phi) is 7.13. The van der Waals surface area contributed by atoms with E-state index >= 15 is 0 Å². The number of hydrogen-bond donors (Lipinski definition) is 0. The summed E-state index contributed by atoms with van der Waals surface area (Å²) in [5.41, 5.74) is 2.01. The minimum absolute atomic E-state index is 0.0251. The first-order chi connectivity index (χ1) is 11.2. The van der Waals surface area contributed by atoms with Crippen molar-refractivity contribution in [2.45, 2.75) is 76.7 Å². The van der Waals surface area contributed by atoms with Crippen LogP contribution in [0, 0.1) is 11.3 Å². The second-order valence-electron chi connectivity index (χ2n) is 6.51. The lowest BCUT2D eigenvalue weighted by Gasteiger charge is -2.28. The second kappa shape index (κ2) is 9.35. The molecule has 3 heteroatoms. The van der Waals surface area contributed by atoms with Gasteiger partial charge in [0, 0.05) is 6.42 Å². The monoisotopic (exact) mass is 313 g/mol. The summed E-state index contributed by atoms with van der Waals surface area (Å²) in [6, 6.07) is 10.0. The molecule has 3 nitrogen and oxygen atoms in total. The Labute approximate surface area is 139 Å². The topological polar surface area (TPSA) is 50.1 Å². The normalized spacial score (nSPS) is 20.7. The van der Waals surface area contributed by atoms with Gasteiger partial charge in [-0.3, -0.25) is 4.79 Å². The van der Waals surface area contributed by atoms with E-state index < -0.39 is 0 Å². The standard InChI is InChI=1S/C20H27NO2/c1-2-3-4-5-6-20(22)23-19-13-11-18(12-14-19)17-9-7-16(15-21)8-10-17/h7-10,18-19H,2-6,11-14H2,1H3. The molecule has 0 bridgehead atoms. The largest absolute Gasteiger partial charge is 0.462 e. The van der Waals surface area contributed by atoms with Gasteiger partial charge in [-0.15, -0.1) is 0 Å². The van der Waals surface area contributed by atoms with Gasteiger partial charge >= 0.3 is 5.97 Å². The Morgan fingerprint density at radius 1 is 1.13 bits per heavy atom. The molecule has 0 unspecified atom stereocenters. The third kappa shape index (κ3) is 5.71. The van der Waals surface area contributed by atoms with Crippen molar-refractivity contribution in [3.63, 3.8) is 0 Å². The molecule has 1 aromatic rings. The molecule has 0 radical (unpaired) electrons. The van der Waals surface area contributed by atoms with E-state index in [-0.39, 0.29) is 12.1 Å². The maximum Gasteiger partial charge on any atom is 0.306 e. The van der Waals surface area contributed by atoms with Gasteiger partial charge in [0.2, 0.25) is 0 Å². The van der Waals surface area contributed by atoms with Crippen LogP contribution < -0.4 is 0 Å². The zero-order valence-electron chi connectivity index (χ0n) is 14.1. The van der Waals surface area contributed by atoms with Gasteiger partial charge in [0.1, 0.15) is 6.10 Å². The van der Waals surface area contributed by atoms with Gasteiger partial charge in [-0.1, -0.05) is 38.3 Å². The Bertz CT molecular complexity index is 522. The fourth-order valence-electron chi connectivity index (χ4n) is 3.28. The van der Waals surface area contributed by atoms with Crippen LogP contribution in [0.25, 0.3) is 0 Å². The van der Waals surface area contributed by atoms with E-state index in [9.17, 15) is 4.79 Å². The molecular weight excluding hydrogens is 286 g/mol. The maximum absolute atomic E-state index is 11.8. The number of nitrogens with zero attached hydrogens (tertiary/aromatic N) is 1. The molecule has 1 aliphatic rings. The molecular formula is C20H27NO2. The number of carbonyl (C=O) groups is 1. The molecule has 23 heavy (non-hydrogen) atoms. The summed E-state index contributed by atoms with van der Waals surface area (Å²) >= 11 is 0. The zero-order valence-corrected chi connectivity index (χ0v) is 14.1. The smallest absolute Gasteiger partial charge is 0.306 e. The molecule has 124 valence electrons. The molecule has 1 saturated carbocycles. The lowest BCUT2D eigenvalue weighted by Crippen LogP contribution is -2.23. The van der Waals surface area contributed by atoms with Crippen LogP contribution in [0.15, 0.2) is 24.3 Å². The number of benzene rings is 1. The first-order valence-electron chi connectivity index (χ1n) is 8.92. The lowest BCUT2D eigenvalue weighted by atomic mass is 9.82. The quantitative estimate of drug-likeness (QED) is 0.520. The van der Waals surface area contributed by atoms with Crippen molar-refractivity contribution in [1.29, 1.82) is 5.26 Å². The van der Waals surface area contributed by atoms with E-state index in [1.807, 2.05) is 12.1 Å². The fourth-order valence-corrected chi connectivity index (χ4v) is 3.28. The summed E-state index contributed by atoms with van der Waals surface area (Å²) in [5, 5.41) is 8.85. The number of carbonyl (C=O) groups excluding carboxylic acids is 1. The number of rotatable bonds is 7. The van der Waals surface area contributed by atoms with Crippen molar-refractivity contribution in [2.24, 2.45) is 0 Å². The van der Waals surface area contributed by atoms with Crippen LogP contribution in [0.4, 0.5) is 0 Å². The van der Waals surface area contributed by atoms with Crippen LogP contribution in [0.2, 0.25) is 0 Å². The fraction of sp³-hybridized carbons (Fsp3) is 0.600. The highest BCUT2D eigenvalue weighted by molar-refractivity contribution is 5.69. The van der Waals surface area contributed by atoms with Crippen molar-refractivity contribution in [2.75, 3.05) is 0 Å². The molecule has 0 spiro atoms. The molecule has 1 aliphatic carbocycles. The summed E-state index contributed by atoms with van der Waals surface area (Å²) in [6.45, 7) is 2.17. The Balaban J connectivity index is 1.71. The first kappa shape index (κ1) is 17.5. The number of unbranched alkanes of at least 4 members (excludes halogenated alkanes) is 3. The van der Waals surface area contributed by atoms with Crippen molar-refractivity contribution in [1.82, 2.24) is 0 Å². The van der Waals surface area contributed by atoms with E-state index in [1.165, 1.54) is 18.4 Å². The van der Waals surface area contributed by atoms with Crippen LogP contribution in [0.1, 0.15) is 81.8 Å². The summed E-state index contributed by atoms with van der Waals surface area (Å²) in [5.74, 6) is 0.505. The molecule has 1 aromatic carbocycles. The molecule has 2 rings (SSSR count). The van der Waals surface area contributed by atoms with Gasteiger partial charge in [0.15, 0.2) is 0 Å². The van der Waals surface area contributed by atoms with Crippen LogP contribution in [-0.2, 0) is 9.53 Å². The highest BCUT2D eigenvalue weighted by Gasteiger charge is 2.24. The van der Waals surface area contributed by atoms with Crippen LogP contribution >= 0.6 is 0 Å². The maximum atomic E-state index is 11.8. The Morgan fingerprint density at radius 3 is 2.43 bits per heavy atom. The Hall–Kier alpha value is -1.82. The summed E-state index contributed by atoms with van der Waals surface area (Å²) in [7, 11) is 0. The van der Waals surface area contributed by atoms with Crippen LogP contribution in [0.5, 0.6) is 0 Å². The molecule has 0 heterocycles. The average Bonchev–Trinajstić information content (AvgIpc) is 2.59. The number of esters is 1. The Morgan fingerprint density at radius 2 is 1.83 bits per heavy atom. The van der Waals surface area contributed by atoms with Gasteiger partial charge in [0.05, 0.1) is 11.6 Å². The minimum Gasteiger partial charge on any atom is -0.462 e. The second-order valence-corrected chi connectivity index (χ2v) is 6.51. The first-order valence-corrected chi connectivity index (χ1v) is 8.92. The molecule has 0 aliphatic heterocycles. The molecule has 0 atom stereocenters. The zero-order chi connectivity index (χ0) is 16.5. The van der Waals surface area contributed by atoms with Gasteiger partial charge in [0.25, 0.3) is 0 Å². The van der Waals surface area contributed by atoms with Crippen molar-refractivity contribution < 1.29 is 9.53 Å². The van der Waals surface area contributed by atoms with E-state index in [4.69, 9.17) is 10.00 Å². The van der Waals surface area contributed by atoms with Crippen molar-refractivity contribution >= 4 is 5.97 Å². The summed E-state index contributed by atoms with van der Waals surface area (Å²) in [6.07, 6.45) is 9.14. The van der Waals surface area contributed by atoms with Crippen LogP contribution in [0.3, 0.4) is 0 Å². The predicted molar refractivity (Wildman–Crippen MR) is 91.0 cm³/mol. The van der Waals surface area contributed by atoms with Crippen molar-refractivity contribution in [3.8, 4) is 6.07 Å². The van der Waals surface area contributed by atoms with Gasteiger partial charge < -0.3 is 4.74 Å². The lowest BCUT2D eigenvalue weighted by molar-refractivity contribution is -0.150. The van der Waals surface area contributed by atoms with E-state index in [1.54, 1.807) is 0 Å².